The van der Waals surface area contributed by atoms with Crippen LogP contribution in [0.3, 0.4) is 0 Å². The van der Waals surface area contributed by atoms with Gasteiger partial charge in [-0.2, -0.15) is 0 Å². The first-order valence-corrected chi connectivity index (χ1v) is 8.05. The van der Waals surface area contributed by atoms with E-state index >= 15 is 0 Å². The molecule has 2 aromatic carbocycles. The molecule has 2 heterocycles. The van der Waals surface area contributed by atoms with E-state index in [0.717, 1.165) is 29.7 Å². The summed E-state index contributed by atoms with van der Waals surface area (Å²) in [5.41, 5.74) is 2.76. The molecule has 1 N–H and O–H groups in total. The van der Waals surface area contributed by atoms with E-state index in [0.29, 0.717) is 6.61 Å². The maximum absolute atomic E-state index is 13.2. The highest BCUT2D eigenvalue weighted by molar-refractivity contribution is 5.60. The third-order valence-electron chi connectivity index (χ3n) is 4.89. The third kappa shape index (κ3) is 2.53. The summed E-state index contributed by atoms with van der Waals surface area (Å²) in [6.07, 6.45) is 1.73. The molecule has 2 aliphatic rings. The van der Waals surface area contributed by atoms with Crippen molar-refractivity contribution in [1.29, 1.82) is 0 Å². The SMILES string of the molecule is O=[N+]([O-])c1ccc2c(c1)[C@@H]1OCCC[C@@H]1[C@H](c1ccc(F)cc1)N2. The molecule has 3 atom stereocenters. The number of non-ortho nitro benzene ring substituents is 1. The molecule has 2 aliphatic heterocycles. The van der Waals surface area contributed by atoms with Gasteiger partial charge in [0.2, 0.25) is 0 Å². The summed E-state index contributed by atoms with van der Waals surface area (Å²) in [6, 6.07) is 11.3. The molecule has 0 unspecified atom stereocenters. The van der Waals surface area contributed by atoms with Crippen molar-refractivity contribution in [2.45, 2.75) is 25.0 Å². The van der Waals surface area contributed by atoms with Gasteiger partial charge in [0, 0.05) is 35.9 Å². The maximum atomic E-state index is 13.2. The Balaban J connectivity index is 1.77. The lowest BCUT2D eigenvalue weighted by Crippen LogP contribution is -2.36. The normalized spacial score (nSPS) is 25.3. The minimum absolute atomic E-state index is 0.00450. The van der Waals surface area contributed by atoms with Gasteiger partial charge < -0.3 is 10.1 Å². The van der Waals surface area contributed by atoms with Crippen molar-refractivity contribution in [1.82, 2.24) is 0 Å². The van der Waals surface area contributed by atoms with Crippen LogP contribution in [0, 0.1) is 21.8 Å². The molecule has 6 heteroatoms. The Morgan fingerprint density at radius 2 is 2.00 bits per heavy atom. The smallest absolute Gasteiger partial charge is 0.269 e. The summed E-state index contributed by atoms with van der Waals surface area (Å²) >= 11 is 0. The van der Waals surface area contributed by atoms with Gasteiger partial charge >= 0.3 is 0 Å². The Labute approximate surface area is 138 Å². The van der Waals surface area contributed by atoms with E-state index in [9.17, 15) is 14.5 Å². The zero-order valence-corrected chi connectivity index (χ0v) is 12.9. The van der Waals surface area contributed by atoms with Crippen LogP contribution in [0.4, 0.5) is 15.8 Å². The number of anilines is 1. The van der Waals surface area contributed by atoms with Gasteiger partial charge in [0.25, 0.3) is 5.69 Å². The van der Waals surface area contributed by atoms with E-state index < -0.39 is 0 Å². The van der Waals surface area contributed by atoms with E-state index in [1.54, 1.807) is 24.3 Å². The van der Waals surface area contributed by atoms with E-state index in [4.69, 9.17) is 4.74 Å². The monoisotopic (exact) mass is 328 g/mol. The van der Waals surface area contributed by atoms with Crippen LogP contribution in [0.2, 0.25) is 0 Å². The second kappa shape index (κ2) is 5.87. The van der Waals surface area contributed by atoms with Gasteiger partial charge in [-0.1, -0.05) is 12.1 Å². The summed E-state index contributed by atoms with van der Waals surface area (Å²) in [6.45, 7) is 0.652. The molecule has 0 aromatic heterocycles. The van der Waals surface area contributed by atoms with Crippen molar-refractivity contribution >= 4 is 11.4 Å². The predicted molar refractivity (Wildman–Crippen MR) is 87.3 cm³/mol. The van der Waals surface area contributed by atoms with Crippen molar-refractivity contribution in [3.63, 3.8) is 0 Å². The molecule has 2 aromatic rings. The van der Waals surface area contributed by atoms with Crippen molar-refractivity contribution in [2.24, 2.45) is 5.92 Å². The number of rotatable bonds is 2. The number of nitro groups is 1. The molecule has 0 aliphatic carbocycles. The molecule has 0 amide bonds. The molecule has 0 saturated carbocycles. The molecular weight excluding hydrogens is 311 g/mol. The lowest BCUT2D eigenvalue weighted by atomic mass is 9.77. The second-order valence-corrected chi connectivity index (χ2v) is 6.30. The fraction of sp³-hybridized carbons (Fsp3) is 0.333. The second-order valence-electron chi connectivity index (χ2n) is 6.30. The molecule has 0 radical (unpaired) electrons. The number of hydrogen-bond acceptors (Lipinski definition) is 4. The summed E-state index contributed by atoms with van der Waals surface area (Å²) < 4.78 is 19.2. The van der Waals surface area contributed by atoms with E-state index in [-0.39, 0.29) is 34.5 Å². The number of halogens is 1. The molecule has 124 valence electrons. The van der Waals surface area contributed by atoms with Crippen LogP contribution < -0.4 is 5.32 Å². The van der Waals surface area contributed by atoms with E-state index in [2.05, 4.69) is 5.32 Å². The molecule has 0 spiro atoms. The highest BCUT2D eigenvalue weighted by atomic mass is 19.1. The van der Waals surface area contributed by atoms with Gasteiger partial charge in [-0.15, -0.1) is 0 Å². The molecule has 5 nitrogen and oxygen atoms in total. The number of nitro benzene ring substituents is 1. The molecular formula is C18H17FN2O3. The van der Waals surface area contributed by atoms with Crippen LogP contribution in [0.5, 0.6) is 0 Å². The third-order valence-corrected chi connectivity index (χ3v) is 4.89. The Kier molecular flexibility index (Phi) is 3.69. The van der Waals surface area contributed by atoms with Crippen molar-refractivity contribution in [3.05, 3.63) is 69.5 Å². The topological polar surface area (TPSA) is 64.4 Å². The first kappa shape index (κ1) is 15.1. The molecule has 1 fully saturated rings. The lowest BCUT2D eigenvalue weighted by molar-refractivity contribution is -0.385. The van der Waals surface area contributed by atoms with Gasteiger partial charge in [0.1, 0.15) is 5.82 Å². The van der Waals surface area contributed by atoms with Gasteiger partial charge in [0.05, 0.1) is 17.1 Å². The van der Waals surface area contributed by atoms with Crippen LogP contribution in [-0.4, -0.2) is 11.5 Å². The Bertz CT molecular complexity index is 778. The maximum Gasteiger partial charge on any atom is 0.269 e. The lowest BCUT2D eigenvalue weighted by Gasteiger charge is -2.43. The van der Waals surface area contributed by atoms with Crippen molar-refractivity contribution < 1.29 is 14.1 Å². The number of ether oxygens (including phenoxy) is 1. The molecule has 0 bridgehead atoms. The highest BCUT2D eigenvalue weighted by Gasteiger charge is 2.40. The van der Waals surface area contributed by atoms with Crippen LogP contribution in [0.25, 0.3) is 0 Å². The number of benzene rings is 2. The minimum Gasteiger partial charge on any atom is -0.378 e. The van der Waals surface area contributed by atoms with Gasteiger partial charge in [0.15, 0.2) is 0 Å². The fourth-order valence-electron chi connectivity index (χ4n) is 3.77. The zero-order valence-electron chi connectivity index (χ0n) is 12.9. The van der Waals surface area contributed by atoms with E-state index in [1.807, 2.05) is 0 Å². The zero-order chi connectivity index (χ0) is 16.7. The van der Waals surface area contributed by atoms with Gasteiger partial charge in [-0.3, -0.25) is 10.1 Å². The fourth-order valence-corrected chi connectivity index (χ4v) is 3.77. The number of nitrogens with one attached hydrogen (secondary N) is 1. The van der Waals surface area contributed by atoms with E-state index in [1.165, 1.54) is 18.2 Å². The summed E-state index contributed by atoms with van der Waals surface area (Å²) in [5.74, 6) is -0.0965. The Morgan fingerprint density at radius 1 is 1.21 bits per heavy atom. The van der Waals surface area contributed by atoms with Gasteiger partial charge in [-0.25, -0.2) is 4.39 Å². The summed E-state index contributed by atoms with van der Waals surface area (Å²) in [4.78, 5) is 10.7. The standard InChI is InChI=1S/C18H17FN2O3/c19-12-5-3-11(4-6-12)17-14-2-1-9-24-18(14)15-10-13(21(22)23)7-8-16(15)20-17/h3-8,10,14,17-18,20H,1-2,9H2/t14-,17+,18-/m1/s1. The van der Waals surface area contributed by atoms with Crippen LogP contribution in [0.1, 0.15) is 36.1 Å². The first-order chi connectivity index (χ1) is 11.6. The quantitative estimate of drug-likeness (QED) is 0.657. The summed E-state index contributed by atoms with van der Waals surface area (Å²) in [5, 5.41) is 14.5. The van der Waals surface area contributed by atoms with Crippen molar-refractivity contribution in [3.8, 4) is 0 Å². The van der Waals surface area contributed by atoms with Crippen LogP contribution in [0.15, 0.2) is 42.5 Å². The highest BCUT2D eigenvalue weighted by Crippen LogP contribution is 2.49. The molecule has 24 heavy (non-hydrogen) atoms. The predicted octanol–water partition coefficient (Wildman–Crippen LogP) is 4.37. The number of hydrogen-bond donors (Lipinski definition) is 1. The Morgan fingerprint density at radius 3 is 2.75 bits per heavy atom. The average Bonchev–Trinajstić information content (AvgIpc) is 2.61. The van der Waals surface area contributed by atoms with Crippen LogP contribution in [-0.2, 0) is 4.74 Å². The summed E-state index contributed by atoms with van der Waals surface area (Å²) in [7, 11) is 0. The first-order valence-electron chi connectivity index (χ1n) is 8.05. The van der Waals surface area contributed by atoms with Crippen LogP contribution >= 0.6 is 0 Å². The largest absolute Gasteiger partial charge is 0.378 e. The van der Waals surface area contributed by atoms with Crippen molar-refractivity contribution in [2.75, 3.05) is 11.9 Å². The minimum atomic E-state index is -0.385. The number of fused-ring (bicyclic) bond motifs is 3. The molecule has 4 rings (SSSR count). The molecule has 1 saturated heterocycles. The Hall–Kier alpha value is -2.47. The van der Waals surface area contributed by atoms with Gasteiger partial charge in [-0.05, 0) is 36.6 Å². The number of nitrogens with zero attached hydrogens (tertiary/aromatic N) is 1. The average molecular weight is 328 g/mol.